The molecule has 1 aliphatic carbocycles. The van der Waals surface area contributed by atoms with E-state index < -0.39 is 0 Å². The molecule has 1 aliphatic rings. The maximum Gasteiger partial charge on any atom is 0.129 e. The van der Waals surface area contributed by atoms with Crippen molar-refractivity contribution >= 4 is 11.3 Å². The van der Waals surface area contributed by atoms with Crippen molar-refractivity contribution < 1.29 is 4.74 Å². The lowest BCUT2D eigenvalue weighted by molar-refractivity contribution is 0.416. The molecule has 0 amide bonds. The molecule has 4 heteroatoms. The van der Waals surface area contributed by atoms with Crippen molar-refractivity contribution in [1.29, 1.82) is 0 Å². The summed E-state index contributed by atoms with van der Waals surface area (Å²) in [6.07, 6.45) is 3.74. The number of rotatable bonds is 7. The Labute approximate surface area is 130 Å². The topological polar surface area (TPSA) is 34.1 Å². The predicted molar refractivity (Wildman–Crippen MR) is 88.1 cm³/mol. The molecule has 3 rings (SSSR count). The molecule has 1 saturated carbocycles. The molecule has 1 aromatic carbocycles. The Morgan fingerprint density at radius 3 is 2.86 bits per heavy atom. The van der Waals surface area contributed by atoms with Gasteiger partial charge in [-0.2, -0.15) is 0 Å². The van der Waals surface area contributed by atoms with E-state index in [4.69, 9.17) is 9.72 Å². The lowest BCUT2D eigenvalue weighted by Gasteiger charge is -2.04. The van der Waals surface area contributed by atoms with Gasteiger partial charge in [0.1, 0.15) is 10.8 Å². The van der Waals surface area contributed by atoms with E-state index in [2.05, 4.69) is 18.3 Å². The maximum absolute atomic E-state index is 5.47. The van der Waals surface area contributed by atoms with Crippen LogP contribution in [0.3, 0.4) is 0 Å². The summed E-state index contributed by atoms with van der Waals surface area (Å²) in [6.45, 7) is 4.19. The molecule has 0 atom stereocenters. The molecule has 3 nitrogen and oxygen atoms in total. The van der Waals surface area contributed by atoms with Gasteiger partial charge in [0.25, 0.3) is 0 Å². The zero-order chi connectivity index (χ0) is 14.7. The van der Waals surface area contributed by atoms with Gasteiger partial charge < -0.3 is 10.1 Å². The minimum Gasteiger partial charge on any atom is -0.496 e. The fourth-order valence-corrected chi connectivity index (χ4v) is 3.63. The van der Waals surface area contributed by atoms with Crippen LogP contribution in [0.1, 0.15) is 42.7 Å². The van der Waals surface area contributed by atoms with E-state index in [1.165, 1.54) is 23.4 Å². The van der Waals surface area contributed by atoms with Gasteiger partial charge in [-0.15, -0.1) is 11.3 Å². The summed E-state index contributed by atoms with van der Waals surface area (Å²) in [5.74, 6) is 1.59. The number of methoxy groups -OCH3 is 1. The Kier molecular flexibility index (Phi) is 4.56. The van der Waals surface area contributed by atoms with E-state index in [0.717, 1.165) is 35.8 Å². The third-order valence-corrected chi connectivity index (χ3v) is 4.85. The third kappa shape index (κ3) is 3.27. The minimum absolute atomic E-state index is 0.683. The van der Waals surface area contributed by atoms with Gasteiger partial charge in [0.2, 0.25) is 0 Å². The Morgan fingerprint density at radius 1 is 1.33 bits per heavy atom. The summed E-state index contributed by atoms with van der Waals surface area (Å²) in [5, 5.41) is 4.59. The zero-order valence-electron chi connectivity index (χ0n) is 12.7. The lowest BCUT2D eigenvalue weighted by atomic mass is 10.2. The van der Waals surface area contributed by atoms with Crippen LogP contribution < -0.4 is 10.1 Å². The van der Waals surface area contributed by atoms with Gasteiger partial charge in [-0.1, -0.05) is 19.1 Å². The molecule has 0 bridgehead atoms. The maximum atomic E-state index is 5.47. The zero-order valence-corrected chi connectivity index (χ0v) is 13.5. The van der Waals surface area contributed by atoms with Crippen LogP contribution in [0.4, 0.5) is 0 Å². The summed E-state index contributed by atoms with van der Waals surface area (Å²) in [5.41, 5.74) is 2.41. The largest absolute Gasteiger partial charge is 0.496 e. The Morgan fingerprint density at radius 2 is 2.14 bits per heavy atom. The van der Waals surface area contributed by atoms with Crippen molar-refractivity contribution in [2.24, 2.45) is 0 Å². The molecular weight excluding hydrogens is 280 g/mol. The fraction of sp³-hybridized carbons (Fsp3) is 0.471. The van der Waals surface area contributed by atoms with Crippen LogP contribution in [-0.2, 0) is 6.54 Å². The van der Waals surface area contributed by atoms with Crippen LogP contribution >= 0.6 is 11.3 Å². The van der Waals surface area contributed by atoms with Crippen LogP contribution in [-0.4, -0.2) is 18.6 Å². The van der Waals surface area contributed by atoms with Crippen LogP contribution in [0.5, 0.6) is 5.75 Å². The normalized spacial score (nSPS) is 14.4. The van der Waals surface area contributed by atoms with Crippen molar-refractivity contribution in [3.05, 3.63) is 34.8 Å². The number of hydrogen-bond donors (Lipinski definition) is 1. The molecule has 0 spiro atoms. The number of thiazole rings is 1. The highest BCUT2D eigenvalue weighted by Gasteiger charge is 2.30. The Hall–Kier alpha value is -1.39. The molecule has 1 fully saturated rings. The van der Waals surface area contributed by atoms with Crippen molar-refractivity contribution in [1.82, 2.24) is 10.3 Å². The van der Waals surface area contributed by atoms with Crippen LogP contribution in [0.25, 0.3) is 10.6 Å². The second-order valence-corrected chi connectivity index (χ2v) is 6.56. The van der Waals surface area contributed by atoms with Crippen LogP contribution in [0, 0.1) is 0 Å². The molecule has 21 heavy (non-hydrogen) atoms. The van der Waals surface area contributed by atoms with E-state index in [0.29, 0.717) is 5.92 Å². The predicted octanol–water partition coefficient (Wildman–Crippen LogP) is 4.20. The van der Waals surface area contributed by atoms with Gasteiger partial charge in [-0.3, -0.25) is 0 Å². The number of nitrogens with zero attached hydrogens (tertiary/aromatic N) is 1. The highest BCUT2D eigenvalue weighted by molar-refractivity contribution is 7.15. The fourth-order valence-electron chi connectivity index (χ4n) is 2.48. The van der Waals surface area contributed by atoms with Gasteiger partial charge in [-0.05, 0) is 37.9 Å². The first-order valence-corrected chi connectivity index (χ1v) is 8.48. The lowest BCUT2D eigenvalue weighted by Crippen LogP contribution is -2.13. The van der Waals surface area contributed by atoms with Gasteiger partial charge in [-0.25, -0.2) is 4.98 Å². The molecule has 0 radical (unpaired) electrons. The highest BCUT2D eigenvalue weighted by atomic mass is 32.1. The first-order valence-electron chi connectivity index (χ1n) is 7.67. The number of ether oxygens (including phenoxy) is 1. The number of para-hydroxylation sites is 1. The average Bonchev–Trinajstić information content (AvgIpc) is 3.28. The number of aromatic nitrogens is 1. The SMILES string of the molecule is CCCNCc1sc(-c2ccccc2OC)nc1C1CC1. The molecule has 0 saturated heterocycles. The van der Waals surface area contributed by atoms with E-state index in [-0.39, 0.29) is 0 Å². The summed E-state index contributed by atoms with van der Waals surface area (Å²) >= 11 is 1.81. The summed E-state index contributed by atoms with van der Waals surface area (Å²) in [4.78, 5) is 6.32. The third-order valence-electron chi connectivity index (χ3n) is 3.74. The van der Waals surface area contributed by atoms with Gasteiger partial charge in [0.15, 0.2) is 0 Å². The van der Waals surface area contributed by atoms with Crippen LogP contribution in [0.15, 0.2) is 24.3 Å². The van der Waals surface area contributed by atoms with Crippen molar-refractivity contribution in [2.45, 2.75) is 38.6 Å². The van der Waals surface area contributed by atoms with Crippen LogP contribution in [0.2, 0.25) is 0 Å². The summed E-state index contributed by atoms with van der Waals surface area (Å²) in [7, 11) is 1.72. The van der Waals surface area contributed by atoms with Crippen molar-refractivity contribution in [2.75, 3.05) is 13.7 Å². The summed E-state index contributed by atoms with van der Waals surface area (Å²) < 4.78 is 5.47. The molecule has 2 aromatic rings. The second-order valence-electron chi connectivity index (χ2n) is 5.48. The number of nitrogens with one attached hydrogen (secondary N) is 1. The Balaban J connectivity index is 1.90. The van der Waals surface area contributed by atoms with Crippen molar-refractivity contribution in [3.63, 3.8) is 0 Å². The summed E-state index contributed by atoms with van der Waals surface area (Å²) in [6, 6.07) is 8.15. The molecule has 1 heterocycles. The first-order chi connectivity index (χ1) is 10.3. The standard InChI is InChI=1S/C17H22N2OS/c1-3-10-18-11-15-16(12-8-9-12)19-17(21-15)13-6-4-5-7-14(13)20-2/h4-7,12,18H,3,8-11H2,1-2H3. The average molecular weight is 302 g/mol. The molecule has 0 unspecified atom stereocenters. The van der Waals surface area contributed by atoms with E-state index in [1.807, 2.05) is 29.5 Å². The highest BCUT2D eigenvalue weighted by Crippen LogP contribution is 2.45. The van der Waals surface area contributed by atoms with Gasteiger partial charge in [0.05, 0.1) is 18.4 Å². The van der Waals surface area contributed by atoms with E-state index in [1.54, 1.807) is 7.11 Å². The monoisotopic (exact) mass is 302 g/mol. The Bertz CT molecular complexity index is 605. The molecule has 112 valence electrons. The first kappa shape index (κ1) is 14.5. The van der Waals surface area contributed by atoms with Crippen molar-refractivity contribution in [3.8, 4) is 16.3 Å². The van der Waals surface area contributed by atoms with E-state index >= 15 is 0 Å². The quantitative estimate of drug-likeness (QED) is 0.779. The van der Waals surface area contributed by atoms with E-state index in [9.17, 15) is 0 Å². The minimum atomic E-state index is 0.683. The number of benzene rings is 1. The molecule has 1 aromatic heterocycles. The molecular formula is C17H22N2OS. The molecule has 0 aliphatic heterocycles. The second kappa shape index (κ2) is 6.58. The smallest absolute Gasteiger partial charge is 0.129 e. The molecule has 1 N–H and O–H groups in total. The number of hydrogen-bond acceptors (Lipinski definition) is 4. The van der Waals surface area contributed by atoms with Gasteiger partial charge in [0, 0.05) is 17.3 Å². The van der Waals surface area contributed by atoms with Gasteiger partial charge >= 0.3 is 0 Å².